The number of rotatable bonds is 2. The van der Waals surface area contributed by atoms with Crippen molar-refractivity contribution in [3.63, 3.8) is 0 Å². The smallest absolute Gasteiger partial charge is 0.335 e. The minimum Gasteiger partial charge on any atom is -0.478 e. The number of carboxylic acids is 2. The van der Waals surface area contributed by atoms with Crippen LogP contribution in [0.3, 0.4) is 0 Å². The van der Waals surface area contributed by atoms with Crippen LogP contribution < -0.4 is 0 Å². The SMILES string of the molecule is CC12CCC(CC1=O)C2(C)C.CC12CCC(CC1=O)C2(C)C.O=C(O)c1ccc(C(=O)O)cc1. The van der Waals surface area contributed by atoms with Crippen LogP contribution in [0.15, 0.2) is 24.3 Å². The predicted octanol–water partition coefficient (Wildman–Crippen LogP) is 5.89. The van der Waals surface area contributed by atoms with Crippen LogP contribution in [0.5, 0.6) is 0 Å². The van der Waals surface area contributed by atoms with Crippen LogP contribution in [0.25, 0.3) is 0 Å². The highest BCUT2D eigenvalue weighted by Crippen LogP contribution is 2.64. The Labute approximate surface area is 202 Å². The summed E-state index contributed by atoms with van der Waals surface area (Å²) in [7, 11) is 0. The van der Waals surface area contributed by atoms with Crippen LogP contribution in [0.2, 0.25) is 0 Å². The maximum absolute atomic E-state index is 11.6. The van der Waals surface area contributed by atoms with Crippen LogP contribution in [0, 0.1) is 33.5 Å². The Balaban J connectivity index is 0.000000143. The number of hydrogen-bond acceptors (Lipinski definition) is 4. The maximum Gasteiger partial charge on any atom is 0.335 e. The molecule has 4 atom stereocenters. The molecule has 4 unspecified atom stereocenters. The predicted molar refractivity (Wildman–Crippen MR) is 129 cm³/mol. The summed E-state index contributed by atoms with van der Waals surface area (Å²) in [5.41, 5.74) is 0.781. The molecule has 0 radical (unpaired) electrons. The van der Waals surface area contributed by atoms with E-state index in [1.165, 1.54) is 37.1 Å². The lowest BCUT2D eigenvalue weighted by atomic mass is 9.70. The van der Waals surface area contributed by atoms with E-state index >= 15 is 0 Å². The van der Waals surface area contributed by atoms with Gasteiger partial charge in [0.15, 0.2) is 0 Å². The molecule has 1 aromatic carbocycles. The van der Waals surface area contributed by atoms with Crippen molar-refractivity contribution >= 4 is 23.5 Å². The molecule has 6 nitrogen and oxygen atoms in total. The van der Waals surface area contributed by atoms with Crippen LogP contribution in [-0.4, -0.2) is 33.7 Å². The number of Topliss-reactive ketones (excluding diaryl/α,β-unsaturated/α-hetero) is 2. The van der Waals surface area contributed by atoms with Gasteiger partial charge in [-0.2, -0.15) is 0 Å². The van der Waals surface area contributed by atoms with Gasteiger partial charge in [0.2, 0.25) is 0 Å². The number of carbonyl (C=O) groups is 4. The van der Waals surface area contributed by atoms with E-state index in [4.69, 9.17) is 10.2 Å². The molecular formula is C28H38O6. The largest absolute Gasteiger partial charge is 0.478 e. The minimum absolute atomic E-state index is 0.0255. The molecule has 6 heteroatoms. The normalized spacial score (nSPS) is 33.6. The van der Waals surface area contributed by atoms with E-state index in [2.05, 4.69) is 41.5 Å². The number of hydrogen-bond donors (Lipinski definition) is 2. The van der Waals surface area contributed by atoms with E-state index in [0.29, 0.717) is 23.4 Å². The summed E-state index contributed by atoms with van der Waals surface area (Å²) >= 11 is 0. The molecule has 34 heavy (non-hydrogen) atoms. The third-order valence-electron chi connectivity index (χ3n) is 10.3. The van der Waals surface area contributed by atoms with E-state index in [1.807, 2.05) is 0 Å². The second-order valence-corrected chi connectivity index (χ2v) is 12.0. The molecule has 4 aliphatic carbocycles. The topological polar surface area (TPSA) is 109 Å². The van der Waals surface area contributed by atoms with Gasteiger partial charge in [0.25, 0.3) is 0 Å². The molecule has 186 valence electrons. The zero-order valence-electron chi connectivity index (χ0n) is 21.2. The average molecular weight is 471 g/mol. The lowest BCUT2D eigenvalue weighted by molar-refractivity contribution is -0.129. The van der Waals surface area contributed by atoms with Crippen molar-refractivity contribution in [1.82, 2.24) is 0 Å². The minimum atomic E-state index is -1.06. The summed E-state index contributed by atoms with van der Waals surface area (Å²) < 4.78 is 0. The van der Waals surface area contributed by atoms with Crippen molar-refractivity contribution in [3.8, 4) is 0 Å². The molecule has 1 aromatic rings. The first-order chi connectivity index (χ1) is 15.6. The Hall–Kier alpha value is -2.50. The Morgan fingerprint density at radius 1 is 0.676 bits per heavy atom. The van der Waals surface area contributed by atoms with Crippen molar-refractivity contribution in [1.29, 1.82) is 0 Å². The molecule has 0 saturated heterocycles. The number of fused-ring (bicyclic) bond motifs is 4. The van der Waals surface area contributed by atoms with Gasteiger partial charge in [-0.3, -0.25) is 9.59 Å². The van der Waals surface area contributed by atoms with Crippen molar-refractivity contribution in [2.75, 3.05) is 0 Å². The third-order valence-corrected chi connectivity index (χ3v) is 10.3. The van der Waals surface area contributed by atoms with Crippen LogP contribution in [-0.2, 0) is 9.59 Å². The molecule has 0 aromatic heterocycles. The molecule has 0 heterocycles. The molecule has 4 fully saturated rings. The summed E-state index contributed by atoms with van der Waals surface area (Å²) in [5, 5.41) is 16.9. The van der Waals surface area contributed by atoms with Crippen LogP contribution >= 0.6 is 0 Å². The highest BCUT2D eigenvalue weighted by atomic mass is 16.4. The summed E-state index contributed by atoms with van der Waals surface area (Å²) in [6.07, 6.45) is 6.50. The fourth-order valence-electron chi connectivity index (χ4n) is 6.56. The van der Waals surface area contributed by atoms with E-state index in [9.17, 15) is 19.2 Å². The first kappa shape index (κ1) is 26.1. The van der Waals surface area contributed by atoms with Gasteiger partial charge in [0.1, 0.15) is 11.6 Å². The Morgan fingerprint density at radius 3 is 1.09 bits per heavy atom. The van der Waals surface area contributed by atoms with Crippen molar-refractivity contribution in [2.24, 2.45) is 33.5 Å². The molecule has 4 aliphatic rings. The van der Waals surface area contributed by atoms with Gasteiger partial charge in [-0.1, -0.05) is 41.5 Å². The first-order valence-corrected chi connectivity index (χ1v) is 12.2. The Kier molecular flexibility index (Phi) is 6.62. The molecule has 0 aliphatic heterocycles. The highest BCUT2D eigenvalue weighted by molar-refractivity contribution is 5.91. The van der Waals surface area contributed by atoms with Gasteiger partial charge in [-0.15, -0.1) is 0 Å². The summed E-state index contributed by atoms with van der Waals surface area (Å²) in [6, 6.07) is 5.02. The van der Waals surface area contributed by atoms with Gasteiger partial charge in [-0.05, 0) is 72.6 Å². The quantitative estimate of drug-likeness (QED) is 0.558. The number of carboxylic acid groups (broad SMARTS) is 2. The van der Waals surface area contributed by atoms with Gasteiger partial charge in [0.05, 0.1) is 11.1 Å². The summed E-state index contributed by atoms with van der Waals surface area (Å²) in [4.78, 5) is 43.8. The Bertz CT molecular complexity index is 923. The zero-order valence-corrected chi connectivity index (χ0v) is 21.2. The summed E-state index contributed by atoms with van der Waals surface area (Å²) in [5.74, 6) is 0.261. The van der Waals surface area contributed by atoms with Gasteiger partial charge in [0, 0.05) is 23.7 Å². The number of benzene rings is 1. The molecule has 0 amide bonds. The molecule has 4 bridgehead atoms. The second kappa shape index (κ2) is 8.62. The van der Waals surface area contributed by atoms with Gasteiger partial charge in [-0.25, -0.2) is 9.59 Å². The van der Waals surface area contributed by atoms with E-state index in [-0.39, 0.29) is 32.8 Å². The maximum atomic E-state index is 11.6. The third kappa shape index (κ3) is 3.99. The number of carbonyl (C=O) groups excluding carboxylic acids is 2. The van der Waals surface area contributed by atoms with E-state index in [0.717, 1.165) is 25.7 Å². The van der Waals surface area contributed by atoms with Crippen molar-refractivity contribution in [3.05, 3.63) is 35.4 Å². The van der Waals surface area contributed by atoms with E-state index in [1.54, 1.807) is 0 Å². The van der Waals surface area contributed by atoms with Crippen molar-refractivity contribution in [2.45, 2.75) is 80.1 Å². The number of ketones is 2. The van der Waals surface area contributed by atoms with Crippen LogP contribution in [0.1, 0.15) is 101 Å². The molecule has 4 saturated carbocycles. The van der Waals surface area contributed by atoms with Crippen molar-refractivity contribution < 1.29 is 29.4 Å². The lowest BCUT2D eigenvalue weighted by Gasteiger charge is -2.32. The molecule has 5 rings (SSSR count). The zero-order chi connectivity index (χ0) is 25.7. The number of aromatic carboxylic acids is 2. The summed E-state index contributed by atoms with van der Waals surface area (Å²) in [6.45, 7) is 13.3. The fraction of sp³-hybridized carbons (Fsp3) is 0.643. The van der Waals surface area contributed by atoms with Crippen LogP contribution in [0.4, 0.5) is 0 Å². The lowest BCUT2D eigenvalue weighted by Crippen LogP contribution is -2.32. The second-order valence-electron chi connectivity index (χ2n) is 12.0. The molecule has 2 N–H and O–H groups in total. The van der Waals surface area contributed by atoms with Gasteiger partial charge >= 0.3 is 11.9 Å². The highest BCUT2D eigenvalue weighted by Gasteiger charge is 2.62. The molecule has 0 spiro atoms. The molecular weight excluding hydrogens is 432 g/mol. The van der Waals surface area contributed by atoms with E-state index < -0.39 is 11.9 Å². The Morgan fingerprint density at radius 2 is 0.971 bits per heavy atom. The average Bonchev–Trinajstić information content (AvgIpc) is 3.26. The first-order valence-electron chi connectivity index (χ1n) is 12.2. The fourth-order valence-corrected chi connectivity index (χ4v) is 6.56. The monoisotopic (exact) mass is 470 g/mol. The standard InChI is InChI=1S/2C10H16O.C8H6O4/c2*1-9(2)7-4-5-10(9,3)8(11)6-7;9-7(10)5-1-2-6(4-3-5)8(11)12/h2*7H,4-6H2,1-3H3;1-4H,(H,9,10)(H,11,12). The van der Waals surface area contributed by atoms with Gasteiger partial charge < -0.3 is 10.2 Å².